The highest BCUT2D eigenvalue weighted by molar-refractivity contribution is 7.80. The number of esters is 2. The molecule has 0 aliphatic carbocycles. The molecular formula is C40H102BF3O12S. The van der Waals surface area contributed by atoms with Crippen LogP contribution in [-0.4, -0.2) is 105 Å². The van der Waals surface area contributed by atoms with Gasteiger partial charge in [0, 0.05) is 48.8 Å². The molecule has 0 saturated carbocycles. The van der Waals surface area contributed by atoms with Crippen LogP contribution < -0.4 is 0 Å². The number of aliphatic hydroxyl groups is 1. The molecule has 57 heavy (non-hydrogen) atoms. The van der Waals surface area contributed by atoms with Crippen molar-refractivity contribution >= 4 is 48.6 Å². The van der Waals surface area contributed by atoms with Crippen LogP contribution in [0, 0.1) is 0 Å². The van der Waals surface area contributed by atoms with Gasteiger partial charge in [0.15, 0.2) is 5.05 Å². The van der Waals surface area contributed by atoms with E-state index >= 15 is 0 Å². The Balaban J connectivity index is -0.0000000179. The lowest BCUT2D eigenvalue weighted by atomic mass is 9.99. The van der Waals surface area contributed by atoms with E-state index in [1.165, 1.54) is 48.2 Å². The van der Waals surface area contributed by atoms with E-state index in [1.807, 2.05) is 123 Å². The number of halogens is 3. The van der Waals surface area contributed by atoms with E-state index in [9.17, 15) is 22.8 Å². The molecular weight excluding hydrogens is 772 g/mol. The van der Waals surface area contributed by atoms with Gasteiger partial charge in [0.25, 0.3) is 5.97 Å². The number of hydrogen-bond donors (Lipinski definition) is 4. The molecule has 0 saturated heterocycles. The highest BCUT2D eigenvalue weighted by Gasteiger charge is 2.17. The summed E-state index contributed by atoms with van der Waals surface area (Å²) in [5.74, 6) is -1.32. The van der Waals surface area contributed by atoms with E-state index < -0.39 is 19.2 Å². The quantitative estimate of drug-likeness (QED) is 0.0641. The molecule has 0 amide bonds. The number of aldehydes is 1. The Morgan fingerprint density at radius 2 is 0.702 bits per heavy atom. The van der Waals surface area contributed by atoms with Gasteiger partial charge in [-0.15, -0.1) is 0 Å². The van der Waals surface area contributed by atoms with Gasteiger partial charge in [0.05, 0.1) is 28.5 Å². The van der Waals surface area contributed by atoms with Gasteiger partial charge in [-0.25, -0.2) is 0 Å². The lowest BCUT2D eigenvalue weighted by Gasteiger charge is -2.03. The molecule has 0 rings (SSSR count). The van der Waals surface area contributed by atoms with Crippen LogP contribution in [-0.2, 0) is 38.1 Å². The highest BCUT2D eigenvalue weighted by Crippen LogP contribution is 2.09. The summed E-state index contributed by atoms with van der Waals surface area (Å²) in [7, 11) is 5.55. The number of carbonyl (C=O) groups is 4. The first-order valence-corrected chi connectivity index (χ1v) is 19.4. The molecule has 0 fully saturated rings. The number of hydrogen-bond acceptors (Lipinski definition) is 12. The van der Waals surface area contributed by atoms with Crippen molar-refractivity contribution in [2.75, 3.05) is 42.7 Å². The second kappa shape index (κ2) is 210. The number of allylic oxidation sites excluding steroid dienone is 2. The van der Waals surface area contributed by atoms with Crippen LogP contribution in [0.1, 0.15) is 173 Å². The van der Waals surface area contributed by atoms with Crippen LogP contribution >= 0.6 is 12.2 Å². The molecule has 0 unspecified atom stereocenters. The van der Waals surface area contributed by atoms with Crippen LogP contribution in [0.3, 0.4) is 0 Å². The van der Waals surface area contributed by atoms with Gasteiger partial charge < -0.3 is 44.0 Å². The van der Waals surface area contributed by atoms with Crippen LogP contribution in [0.2, 0.25) is 6.82 Å². The normalized spacial score (nSPS) is 6.12. The average Bonchev–Trinajstić information content (AvgIpc) is 3.22. The Hall–Kier alpha value is -2.60. The number of methoxy groups -OCH3 is 4. The molecule has 0 aromatic carbocycles. The van der Waals surface area contributed by atoms with Crippen molar-refractivity contribution < 1.29 is 71.6 Å². The van der Waals surface area contributed by atoms with Gasteiger partial charge >= 0.3 is 25.2 Å². The molecule has 0 aliphatic heterocycles. The number of carbonyl (C=O) groups excluding carboxylic acids is 3. The van der Waals surface area contributed by atoms with E-state index in [0.29, 0.717) is 19.2 Å². The second-order valence-electron chi connectivity index (χ2n) is 5.86. The minimum absolute atomic E-state index is 0.245. The third kappa shape index (κ3) is 2570. The maximum Gasteiger partial charge on any atom is 0.448 e. The summed E-state index contributed by atoms with van der Waals surface area (Å²) in [5.41, 5.74) is 0. The molecule has 364 valence electrons. The van der Waals surface area contributed by atoms with Gasteiger partial charge in [0.2, 0.25) is 0 Å². The summed E-state index contributed by atoms with van der Waals surface area (Å²) in [5, 5.41) is 30.2. The topological polar surface area (TPSA) is 186 Å². The number of aliphatic hydroxyl groups excluding tert-OH is 1. The summed E-state index contributed by atoms with van der Waals surface area (Å²) in [6, 6.07) is 0. The van der Waals surface area contributed by atoms with Crippen molar-refractivity contribution in [3.05, 3.63) is 12.2 Å². The van der Waals surface area contributed by atoms with Crippen LogP contribution in [0.4, 0.5) is 13.2 Å². The number of aliphatic carboxylic acids is 1. The predicted molar refractivity (Wildman–Crippen MR) is 250 cm³/mol. The minimum atomic E-state index is -2.96. The molecule has 17 heteroatoms. The molecule has 4 N–H and O–H groups in total. The average molecular weight is 875 g/mol. The summed E-state index contributed by atoms with van der Waals surface area (Å²) < 4.78 is 48.3. The lowest BCUT2D eigenvalue weighted by molar-refractivity contribution is -0.205. The maximum atomic E-state index is 11.2. The zero-order valence-electron chi connectivity index (χ0n) is 43.1. The molecule has 0 aliphatic rings. The largest absolute Gasteiger partial charge is 0.491 e. The van der Waals surface area contributed by atoms with Gasteiger partial charge in [0.1, 0.15) is 6.29 Å². The van der Waals surface area contributed by atoms with Crippen molar-refractivity contribution in [2.45, 2.75) is 186 Å². The molecule has 0 aromatic rings. The third-order valence-corrected chi connectivity index (χ3v) is 1.72. The Labute approximate surface area is 359 Å². The molecule has 0 atom stereocenters. The summed E-state index contributed by atoms with van der Waals surface area (Å²) >= 11 is 4.47. The maximum absolute atomic E-state index is 11.2. The number of carboxylic acids is 1. The van der Waals surface area contributed by atoms with Gasteiger partial charge in [-0.3, -0.25) is 18.8 Å². The fourth-order valence-corrected chi connectivity index (χ4v) is 0. The fraction of sp³-hybridized carbons (Fsp3) is 0.825. The predicted octanol–water partition coefficient (Wildman–Crippen LogP) is 12.3. The summed E-state index contributed by atoms with van der Waals surface area (Å²) in [6.45, 7) is 45.2. The van der Waals surface area contributed by atoms with Crippen molar-refractivity contribution in [3.63, 3.8) is 0 Å². The van der Waals surface area contributed by atoms with E-state index in [4.69, 9.17) is 29.9 Å². The number of thiocarbonyl (C=S) groups is 1. The molecule has 12 nitrogen and oxygen atoms in total. The Morgan fingerprint density at radius 1 is 0.632 bits per heavy atom. The Kier molecular flexibility index (Phi) is 432. The van der Waals surface area contributed by atoms with Crippen molar-refractivity contribution in [3.8, 4) is 0 Å². The molecule has 0 radical (unpaired) electrons. The molecule has 0 bridgehead atoms. The highest BCUT2D eigenvalue weighted by atomic mass is 32.1. The zero-order chi connectivity index (χ0) is 52.0. The smallest absolute Gasteiger partial charge is 0.448 e. The van der Waals surface area contributed by atoms with Crippen LogP contribution in [0.5, 0.6) is 0 Å². The summed E-state index contributed by atoms with van der Waals surface area (Å²) in [6.07, 6.45) is 3.04. The van der Waals surface area contributed by atoms with Crippen molar-refractivity contribution in [1.29, 1.82) is 0 Å². The third-order valence-electron chi connectivity index (χ3n) is 1.55. The van der Waals surface area contributed by atoms with Crippen molar-refractivity contribution in [1.82, 2.24) is 0 Å². The van der Waals surface area contributed by atoms with Gasteiger partial charge in [-0.2, -0.15) is 8.78 Å². The Bertz CT molecular complexity index is 502. The standard InChI is InChI=1S/C4H8.C3H6F2O.2C3H6O2.C3H6OS.C3H8.C2H4O2.C2H4O.7C2H6.CH5BO2.CH3F.CH4O/c1-3-4-2;1-3(4,5)6-2;2*1-3(4)5-2;1-3(5)4-2;1-3-2;1-2(3)4;1-2-3;7*1-2;1-2(3)4;2*1-2/h3-4H,1-2H3;1-2H3;3*1-2H3;3H2,1-2H3;1H3,(H,3,4);2H,1H3;7*1-2H3;3-4H,1H3;1H3;2H,1H3. The first-order valence-electron chi connectivity index (χ1n) is 19.0. The van der Waals surface area contributed by atoms with E-state index in [2.05, 4.69) is 45.0 Å². The number of alkyl halides is 3. The molecule has 0 spiro atoms. The van der Waals surface area contributed by atoms with E-state index in [1.54, 1.807) is 14.0 Å². The summed E-state index contributed by atoms with van der Waals surface area (Å²) in [4.78, 5) is 37.0. The van der Waals surface area contributed by atoms with E-state index in [-0.39, 0.29) is 11.9 Å². The monoisotopic (exact) mass is 875 g/mol. The Morgan fingerprint density at radius 3 is 0.702 bits per heavy atom. The fourth-order valence-electron chi connectivity index (χ4n) is 0. The SMILES string of the molecule is CB(O)O.CC.CC.CC.CC.CC.CC.CC.CC(=O)O.CC=CC.CC=O.CCC.CF.CO.COC(C)(F)F.COC(C)=O.COC(C)=O.COC(C)=S. The van der Waals surface area contributed by atoms with Gasteiger partial charge in [-0.1, -0.05) is 129 Å². The number of carboxylic acid groups (broad SMARTS) is 1. The number of rotatable bonds is 1. The first-order chi connectivity index (χ1) is 26.6. The second-order valence-corrected chi connectivity index (χ2v) is 6.43. The molecule has 0 heterocycles. The zero-order valence-corrected chi connectivity index (χ0v) is 43.9. The van der Waals surface area contributed by atoms with Gasteiger partial charge in [-0.05, 0) is 39.8 Å². The van der Waals surface area contributed by atoms with Crippen LogP contribution in [0.25, 0.3) is 0 Å². The lowest BCUT2D eigenvalue weighted by Crippen LogP contribution is -2.10. The molecule has 0 aromatic heterocycles. The van der Waals surface area contributed by atoms with Crippen molar-refractivity contribution in [2.24, 2.45) is 0 Å². The number of ether oxygens (including phenoxy) is 4. The minimum Gasteiger partial charge on any atom is -0.491 e. The van der Waals surface area contributed by atoms with E-state index in [0.717, 1.165) is 27.4 Å². The van der Waals surface area contributed by atoms with Crippen LogP contribution in [0.15, 0.2) is 12.2 Å². The first kappa shape index (κ1) is 117.